The van der Waals surface area contributed by atoms with Crippen molar-refractivity contribution in [1.82, 2.24) is 4.90 Å². The van der Waals surface area contributed by atoms with Gasteiger partial charge >= 0.3 is 0 Å². The summed E-state index contributed by atoms with van der Waals surface area (Å²) in [5.74, 6) is 1.77. The number of amides is 1. The highest BCUT2D eigenvalue weighted by atomic mass is 16.5. The van der Waals surface area contributed by atoms with Gasteiger partial charge in [-0.3, -0.25) is 4.79 Å². The molecular formula is C23H27NO5. The Kier molecular flexibility index (Phi) is 5.13. The first-order chi connectivity index (χ1) is 13.9. The lowest BCUT2D eigenvalue weighted by molar-refractivity contribution is -0.139. The van der Waals surface area contributed by atoms with Crippen molar-refractivity contribution < 1.29 is 24.1 Å². The number of hydrogen-bond acceptors (Lipinski definition) is 5. The number of benzene rings is 2. The second-order valence-corrected chi connectivity index (χ2v) is 8.10. The van der Waals surface area contributed by atoms with Crippen LogP contribution in [0.25, 0.3) is 0 Å². The molecule has 0 spiro atoms. The number of ether oxygens (including phenoxy) is 3. The smallest absolute Gasteiger partial charge is 0.223 e. The summed E-state index contributed by atoms with van der Waals surface area (Å²) in [7, 11) is 1.58. The number of likely N-dealkylation sites (tertiary alicyclic amines) is 1. The maximum absolute atomic E-state index is 12.4. The van der Waals surface area contributed by atoms with Crippen molar-refractivity contribution in [3.63, 3.8) is 0 Å². The molecule has 0 unspecified atom stereocenters. The molecule has 6 nitrogen and oxygen atoms in total. The molecule has 0 aliphatic carbocycles. The van der Waals surface area contributed by atoms with Crippen molar-refractivity contribution in [1.29, 1.82) is 0 Å². The van der Waals surface area contributed by atoms with Crippen LogP contribution >= 0.6 is 0 Å². The third-order valence-corrected chi connectivity index (χ3v) is 5.68. The minimum Gasteiger partial charge on any atom is -0.493 e. The molecule has 2 heterocycles. The Morgan fingerprint density at radius 2 is 1.97 bits per heavy atom. The van der Waals surface area contributed by atoms with Gasteiger partial charge in [-0.25, -0.2) is 0 Å². The van der Waals surface area contributed by atoms with Crippen LogP contribution in [-0.2, 0) is 11.4 Å². The van der Waals surface area contributed by atoms with Gasteiger partial charge in [0, 0.05) is 24.6 Å². The van der Waals surface area contributed by atoms with E-state index in [2.05, 4.69) is 0 Å². The van der Waals surface area contributed by atoms with E-state index in [9.17, 15) is 9.90 Å². The Balaban J connectivity index is 1.71. The SMILES string of the molecule is COc1cc2c(cc1OCc1ccccc1)OC(C)(C)[C@H](O)[C@H]2N1CCCC1=O. The van der Waals surface area contributed by atoms with Crippen LogP contribution in [0.15, 0.2) is 42.5 Å². The molecule has 0 radical (unpaired) electrons. The Morgan fingerprint density at radius 1 is 1.21 bits per heavy atom. The minimum atomic E-state index is -0.849. The molecule has 1 amide bonds. The van der Waals surface area contributed by atoms with Crippen molar-refractivity contribution in [3.8, 4) is 17.2 Å². The van der Waals surface area contributed by atoms with Crippen LogP contribution in [-0.4, -0.2) is 41.3 Å². The molecule has 4 rings (SSSR count). The van der Waals surface area contributed by atoms with E-state index in [0.29, 0.717) is 36.8 Å². The Bertz CT molecular complexity index is 896. The maximum atomic E-state index is 12.4. The van der Waals surface area contributed by atoms with Crippen LogP contribution in [0, 0.1) is 0 Å². The van der Waals surface area contributed by atoms with Crippen molar-refractivity contribution in [2.75, 3.05) is 13.7 Å². The molecule has 2 aromatic rings. The number of fused-ring (bicyclic) bond motifs is 1. The monoisotopic (exact) mass is 397 g/mol. The molecule has 2 aliphatic rings. The summed E-state index contributed by atoms with van der Waals surface area (Å²) in [5, 5.41) is 11.0. The van der Waals surface area contributed by atoms with Crippen LogP contribution in [0.1, 0.15) is 43.9 Å². The summed E-state index contributed by atoms with van der Waals surface area (Å²) >= 11 is 0. The van der Waals surface area contributed by atoms with Crippen LogP contribution in [0.3, 0.4) is 0 Å². The number of aliphatic hydroxyl groups is 1. The molecule has 0 aromatic heterocycles. The summed E-state index contributed by atoms with van der Waals surface area (Å²) in [6, 6.07) is 13.0. The third kappa shape index (κ3) is 3.65. The van der Waals surface area contributed by atoms with E-state index in [-0.39, 0.29) is 5.91 Å². The van der Waals surface area contributed by atoms with Crippen LogP contribution in [0.2, 0.25) is 0 Å². The highest BCUT2D eigenvalue weighted by molar-refractivity contribution is 5.79. The van der Waals surface area contributed by atoms with Crippen molar-refractivity contribution in [3.05, 3.63) is 53.6 Å². The number of nitrogens with zero attached hydrogens (tertiary/aromatic N) is 1. The van der Waals surface area contributed by atoms with Crippen LogP contribution in [0.5, 0.6) is 17.2 Å². The highest BCUT2D eigenvalue weighted by Gasteiger charge is 2.48. The summed E-state index contributed by atoms with van der Waals surface area (Å²) in [5.41, 5.74) is 0.951. The largest absolute Gasteiger partial charge is 0.493 e. The standard InChI is InChI=1S/C23H27NO5/c1-23(2)22(26)21(24-11-7-10-20(24)25)16-12-18(27-3)19(13-17(16)29-23)28-14-15-8-5-4-6-9-15/h4-6,8-9,12-13,21-22,26H,7,10-11,14H2,1-3H3/t21-,22+/m0/s1. The van der Waals surface area contributed by atoms with Gasteiger partial charge < -0.3 is 24.2 Å². The third-order valence-electron chi connectivity index (χ3n) is 5.68. The van der Waals surface area contributed by atoms with Crippen molar-refractivity contribution >= 4 is 5.91 Å². The van der Waals surface area contributed by atoms with Gasteiger partial charge in [0.1, 0.15) is 24.1 Å². The lowest BCUT2D eigenvalue weighted by Gasteiger charge is -2.45. The zero-order chi connectivity index (χ0) is 20.6. The summed E-state index contributed by atoms with van der Waals surface area (Å²) in [6.45, 7) is 4.70. The Morgan fingerprint density at radius 3 is 2.62 bits per heavy atom. The molecule has 0 bridgehead atoms. The summed E-state index contributed by atoms with van der Waals surface area (Å²) < 4.78 is 17.7. The predicted octanol–water partition coefficient (Wildman–Crippen LogP) is 3.47. The van der Waals surface area contributed by atoms with Gasteiger partial charge in [0.05, 0.1) is 13.2 Å². The zero-order valence-electron chi connectivity index (χ0n) is 17.1. The van der Waals surface area contributed by atoms with E-state index >= 15 is 0 Å². The topological polar surface area (TPSA) is 68.2 Å². The minimum absolute atomic E-state index is 0.0565. The summed E-state index contributed by atoms with van der Waals surface area (Å²) in [6.07, 6.45) is 0.460. The first-order valence-electron chi connectivity index (χ1n) is 9.96. The number of rotatable bonds is 5. The second kappa shape index (κ2) is 7.59. The van der Waals surface area contributed by atoms with Crippen molar-refractivity contribution in [2.45, 2.75) is 51.0 Å². The van der Waals surface area contributed by atoms with E-state index in [1.165, 1.54) is 0 Å². The number of aliphatic hydroxyl groups excluding tert-OH is 1. The van der Waals surface area contributed by atoms with Gasteiger partial charge in [0.25, 0.3) is 0 Å². The molecule has 1 N–H and O–H groups in total. The first kappa shape index (κ1) is 19.6. The lowest BCUT2D eigenvalue weighted by atomic mass is 9.85. The molecule has 1 fully saturated rings. The molecule has 154 valence electrons. The van der Waals surface area contributed by atoms with Gasteiger partial charge in [-0.15, -0.1) is 0 Å². The molecule has 2 atom stereocenters. The van der Waals surface area contributed by atoms with E-state index in [1.54, 1.807) is 18.1 Å². The fourth-order valence-corrected chi connectivity index (χ4v) is 4.08. The number of carbonyl (C=O) groups excluding carboxylic acids is 1. The maximum Gasteiger partial charge on any atom is 0.223 e. The van der Waals surface area contributed by atoms with E-state index in [4.69, 9.17) is 14.2 Å². The fraction of sp³-hybridized carbons (Fsp3) is 0.435. The van der Waals surface area contributed by atoms with Gasteiger partial charge in [0.15, 0.2) is 11.5 Å². The molecule has 2 aliphatic heterocycles. The lowest BCUT2D eigenvalue weighted by Crippen LogP contribution is -2.53. The molecule has 6 heteroatoms. The van der Waals surface area contributed by atoms with E-state index in [0.717, 1.165) is 17.5 Å². The van der Waals surface area contributed by atoms with Crippen LogP contribution in [0.4, 0.5) is 0 Å². The first-order valence-corrected chi connectivity index (χ1v) is 9.96. The Hall–Kier alpha value is -2.73. The normalized spacial score (nSPS) is 22.8. The van der Waals surface area contributed by atoms with Gasteiger partial charge in [0.2, 0.25) is 5.91 Å². The average Bonchev–Trinajstić information content (AvgIpc) is 3.13. The molecular weight excluding hydrogens is 370 g/mol. The van der Waals surface area contributed by atoms with Crippen molar-refractivity contribution in [2.24, 2.45) is 0 Å². The molecule has 29 heavy (non-hydrogen) atoms. The molecule has 1 saturated heterocycles. The number of carbonyl (C=O) groups is 1. The summed E-state index contributed by atoms with van der Waals surface area (Å²) in [4.78, 5) is 14.2. The van der Waals surface area contributed by atoms with Gasteiger partial charge in [-0.2, -0.15) is 0 Å². The van der Waals surface area contributed by atoms with Gasteiger partial charge in [-0.05, 0) is 31.9 Å². The van der Waals surface area contributed by atoms with E-state index < -0.39 is 17.7 Å². The van der Waals surface area contributed by atoms with Gasteiger partial charge in [-0.1, -0.05) is 30.3 Å². The second-order valence-electron chi connectivity index (χ2n) is 8.10. The number of methoxy groups -OCH3 is 1. The molecule has 2 aromatic carbocycles. The zero-order valence-corrected chi connectivity index (χ0v) is 17.1. The average molecular weight is 397 g/mol. The Labute approximate surface area is 171 Å². The van der Waals surface area contributed by atoms with E-state index in [1.807, 2.05) is 50.2 Å². The quantitative estimate of drug-likeness (QED) is 0.837. The number of hydrogen-bond donors (Lipinski definition) is 1. The highest BCUT2D eigenvalue weighted by Crippen LogP contribution is 2.48. The predicted molar refractivity (Wildman–Crippen MR) is 108 cm³/mol. The molecule has 0 saturated carbocycles. The fourth-order valence-electron chi connectivity index (χ4n) is 4.08. The van der Waals surface area contributed by atoms with Crippen LogP contribution < -0.4 is 14.2 Å².